The van der Waals surface area contributed by atoms with Gasteiger partial charge in [-0.15, -0.1) is 0 Å². The Bertz CT molecular complexity index is 1140. The number of hydrogen-bond donors (Lipinski definition) is 1. The normalized spacial score (nSPS) is 11.1. The molecule has 8 heteroatoms. The van der Waals surface area contributed by atoms with Crippen LogP contribution in [0.3, 0.4) is 0 Å². The summed E-state index contributed by atoms with van der Waals surface area (Å²) in [6.07, 6.45) is 2.63. The van der Waals surface area contributed by atoms with Crippen molar-refractivity contribution in [3.63, 3.8) is 0 Å². The summed E-state index contributed by atoms with van der Waals surface area (Å²) in [5.74, 6) is -1.32. The Kier molecular flexibility index (Phi) is 6.32. The number of carboxylic acids is 1. The summed E-state index contributed by atoms with van der Waals surface area (Å²) in [6.45, 7) is 1.74. The van der Waals surface area contributed by atoms with Crippen LogP contribution in [0.5, 0.6) is 5.75 Å². The molecule has 3 rings (SSSR count). The Labute approximate surface area is 177 Å². The Hall–Kier alpha value is -3.45. The predicted molar refractivity (Wildman–Crippen MR) is 111 cm³/mol. The van der Waals surface area contributed by atoms with E-state index in [0.29, 0.717) is 33.8 Å². The number of benzene rings is 2. The second-order valence-electron chi connectivity index (χ2n) is 6.47. The minimum Gasteiger partial charge on any atom is -0.496 e. The Morgan fingerprint density at radius 1 is 1.23 bits per heavy atom. The minimum absolute atomic E-state index is 0.261. The van der Waals surface area contributed by atoms with Crippen molar-refractivity contribution in [3.05, 3.63) is 81.9 Å². The number of aromatic nitrogens is 2. The molecule has 0 radical (unpaired) electrons. The van der Waals surface area contributed by atoms with Gasteiger partial charge in [-0.05, 0) is 61.5 Å². The molecule has 0 saturated heterocycles. The zero-order valence-corrected chi connectivity index (χ0v) is 17.0. The van der Waals surface area contributed by atoms with E-state index in [1.807, 2.05) is 0 Å². The first kappa shape index (κ1) is 21.3. The molecule has 1 heterocycles. The third-order valence-corrected chi connectivity index (χ3v) is 4.79. The lowest BCUT2D eigenvalue weighted by molar-refractivity contribution is -0.136. The van der Waals surface area contributed by atoms with E-state index in [0.717, 1.165) is 0 Å². The van der Waals surface area contributed by atoms with Gasteiger partial charge in [0.1, 0.15) is 16.7 Å². The van der Waals surface area contributed by atoms with Gasteiger partial charge in [0.05, 0.1) is 24.9 Å². The van der Waals surface area contributed by atoms with Crippen LogP contribution in [0.25, 0.3) is 11.8 Å². The number of ketones is 1. The lowest BCUT2D eigenvalue weighted by atomic mass is 10.0. The number of nitrogens with zero attached hydrogens (tertiary/aromatic N) is 2. The maximum absolute atomic E-state index is 13.2. The molecule has 154 valence electrons. The Morgan fingerprint density at radius 3 is 2.57 bits per heavy atom. The molecule has 0 fully saturated rings. The largest absolute Gasteiger partial charge is 0.496 e. The number of allylic oxidation sites excluding steroid dienone is 1. The van der Waals surface area contributed by atoms with Crippen molar-refractivity contribution in [3.8, 4) is 11.4 Å². The SMILES string of the molecule is COc1ccc(C(=O)/C=C/c2c(C)nn(-c3ccc(F)cc3)c2Cl)cc1CC(=O)O. The summed E-state index contributed by atoms with van der Waals surface area (Å²) in [5.41, 5.74) is 2.46. The number of aliphatic carboxylic acids is 1. The van der Waals surface area contributed by atoms with Gasteiger partial charge in [-0.1, -0.05) is 11.6 Å². The zero-order valence-electron chi connectivity index (χ0n) is 16.2. The Morgan fingerprint density at radius 2 is 1.93 bits per heavy atom. The average molecular weight is 429 g/mol. The van der Waals surface area contributed by atoms with E-state index in [4.69, 9.17) is 21.4 Å². The second-order valence-corrected chi connectivity index (χ2v) is 6.83. The average Bonchev–Trinajstić information content (AvgIpc) is 3.00. The van der Waals surface area contributed by atoms with Crippen LogP contribution in [0.2, 0.25) is 5.15 Å². The van der Waals surface area contributed by atoms with Crippen molar-refractivity contribution >= 4 is 29.4 Å². The highest BCUT2D eigenvalue weighted by atomic mass is 35.5. The topological polar surface area (TPSA) is 81.4 Å². The summed E-state index contributed by atoms with van der Waals surface area (Å²) in [6, 6.07) is 10.3. The summed E-state index contributed by atoms with van der Waals surface area (Å²) in [5, 5.41) is 13.7. The van der Waals surface area contributed by atoms with Gasteiger partial charge < -0.3 is 9.84 Å². The maximum atomic E-state index is 13.2. The fourth-order valence-electron chi connectivity index (χ4n) is 2.94. The smallest absolute Gasteiger partial charge is 0.307 e. The maximum Gasteiger partial charge on any atom is 0.307 e. The van der Waals surface area contributed by atoms with Crippen LogP contribution in [0.1, 0.15) is 27.2 Å². The van der Waals surface area contributed by atoms with E-state index >= 15 is 0 Å². The lowest BCUT2D eigenvalue weighted by Crippen LogP contribution is -2.04. The number of hydrogen-bond acceptors (Lipinski definition) is 4. The highest BCUT2D eigenvalue weighted by Gasteiger charge is 2.14. The van der Waals surface area contributed by atoms with Crippen LogP contribution >= 0.6 is 11.6 Å². The molecule has 0 bridgehead atoms. The number of methoxy groups -OCH3 is 1. The van der Waals surface area contributed by atoms with Crippen molar-refractivity contribution in [2.75, 3.05) is 7.11 Å². The number of rotatable bonds is 7. The summed E-state index contributed by atoms with van der Waals surface area (Å²) < 4.78 is 19.8. The molecule has 0 amide bonds. The number of halogens is 2. The van der Waals surface area contributed by atoms with Crippen LogP contribution in [-0.4, -0.2) is 33.7 Å². The third kappa shape index (κ3) is 4.58. The first-order valence-corrected chi connectivity index (χ1v) is 9.30. The Balaban J connectivity index is 1.88. The first-order chi connectivity index (χ1) is 14.3. The number of carbonyl (C=O) groups is 2. The van der Waals surface area contributed by atoms with Gasteiger partial charge in [0.15, 0.2) is 5.78 Å². The zero-order chi connectivity index (χ0) is 21.8. The van der Waals surface area contributed by atoms with Gasteiger partial charge in [-0.25, -0.2) is 9.07 Å². The second kappa shape index (κ2) is 8.92. The van der Waals surface area contributed by atoms with Crippen molar-refractivity contribution in [1.29, 1.82) is 0 Å². The van der Waals surface area contributed by atoms with Gasteiger partial charge in [-0.3, -0.25) is 9.59 Å². The van der Waals surface area contributed by atoms with E-state index in [1.165, 1.54) is 36.1 Å². The predicted octanol–water partition coefficient (Wildman–Crippen LogP) is 4.51. The van der Waals surface area contributed by atoms with Crippen molar-refractivity contribution in [1.82, 2.24) is 9.78 Å². The summed E-state index contributed by atoms with van der Waals surface area (Å²) in [7, 11) is 1.44. The van der Waals surface area contributed by atoms with Gasteiger partial charge in [-0.2, -0.15) is 5.10 Å². The molecule has 6 nitrogen and oxygen atoms in total. The highest BCUT2D eigenvalue weighted by molar-refractivity contribution is 6.31. The minimum atomic E-state index is -1.02. The number of aryl methyl sites for hydroxylation is 1. The third-order valence-electron chi connectivity index (χ3n) is 4.43. The van der Waals surface area contributed by atoms with Crippen LogP contribution in [0, 0.1) is 12.7 Å². The van der Waals surface area contributed by atoms with Gasteiger partial charge >= 0.3 is 5.97 Å². The molecule has 1 aromatic heterocycles. The van der Waals surface area contributed by atoms with E-state index in [1.54, 1.807) is 37.3 Å². The number of ether oxygens (including phenoxy) is 1. The van der Waals surface area contributed by atoms with Gasteiger partial charge in [0.2, 0.25) is 0 Å². The number of carbonyl (C=O) groups excluding carboxylic acids is 1. The molecule has 0 aliphatic rings. The quantitative estimate of drug-likeness (QED) is 0.442. The highest BCUT2D eigenvalue weighted by Crippen LogP contribution is 2.26. The van der Waals surface area contributed by atoms with Crippen LogP contribution in [-0.2, 0) is 11.2 Å². The molecule has 0 spiro atoms. The molecule has 0 atom stereocenters. The molecular weight excluding hydrogens is 411 g/mol. The van der Waals surface area contributed by atoms with E-state index in [9.17, 15) is 14.0 Å². The van der Waals surface area contributed by atoms with E-state index in [-0.39, 0.29) is 23.2 Å². The summed E-state index contributed by atoms with van der Waals surface area (Å²) >= 11 is 6.42. The molecule has 30 heavy (non-hydrogen) atoms. The molecule has 0 aliphatic carbocycles. The molecule has 0 aliphatic heterocycles. The van der Waals surface area contributed by atoms with Crippen molar-refractivity contribution < 1.29 is 23.8 Å². The van der Waals surface area contributed by atoms with Crippen molar-refractivity contribution in [2.24, 2.45) is 0 Å². The standard InChI is InChI=1S/C22H18ClFN2O4/c1-13-18(22(23)26(25-13)17-6-4-16(24)5-7-17)8-9-19(27)14-3-10-20(30-2)15(11-14)12-21(28)29/h3-11H,12H2,1-2H3,(H,28,29)/b9-8+. The fraction of sp³-hybridized carbons (Fsp3) is 0.136. The first-order valence-electron chi connectivity index (χ1n) is 8.92. The van der Waals surface area contributed by atoms with E-state index < -0.39 is 5.97 Å². The molecule has 1 N–H and O–H groups in total. The molecule has 3 aromatic rings. The summed E-state index contributed by atoms with van der Waals surface area (Å²) in [4.78, 5) is 23.6. The van der Waals surface area contributed by atoms with Crippen LogP contribution in [0.15, 0.2) is 48.5 Å². The van der Waals surface area contributed by atoms with Gasteiger partial charge in [0, 0.05) is 16.7 Å². The van der Waals surface area contributed by atoms with Crippen LogP contribution in [0.4, 0.5) is 4.39 Å². The monoisotopic (exact) mass is 428 g/mol. The molecule has 0 saturated carbocycles. The van der Waals surface area contributed by atoms with Gasteiger partial charge in [0.25, 0.3) is 0 Å². The molecule has 0 unspecified atom stereocenters. The van der Waals surface area contributed by atoms with E-state index in [2.05, 4.69) is 5.10 Å². The van der Waals surface area contributed by atoms with Crippen molar-refractivity contribution in [2.45, 2.75) is 13.3 Å². The lowest BCUT2D eigenvalue weighted by Gasteiger charge is -2.08. The number of carboxylic acid groups (broad SMARTS) is 1. The van der Waals surface area contributed by atoms with Crippen LogP contribution < -0.4 is 4.74 Å². The fourth-order valence-corrected chi connectivity index (χ4v) is 3.28. The molecule has 2 aromatic carbocycles. The molecular formula is C22H18ClFN2O4.